The summed E-state index contributed by atoms with van der Waals surface area (Å²) in [6, 6.07) is 10.4. The average molecular weight is 395 g/mol. The van der Waals surface area contributed by atoms with Crippen LogP contribution in [0.15, 0.2) is 48.2 Å². The lowest BCUT2D eigenvalue weighted by Crippen LogP contribution is -2.34. The van der Waals surface area contributed by atoms with Gasteiger partial charge in [-0.1, -0.05) is 12.1 Å². The molecule has 0 unspecified atom stereocenters. The van der Waals surface area contributed by atoms with Gasteiger partial charge in [0.25, 0.3) is 11.8 Å². The number of carboxylic acids is 1. The SMILES string of the molecule is Cc1cc(C)cc(Nc2c(NC3=CC(=O)N(CCO)C3=O)cccc2C(=O)O)c1. The van der Waals surface area contributed by atoms with Crippen LogP contribution in [0.4, 0.5) is 17.1 Å². The first-order valence-electron chi connectivity index (χ1n) is 8.97. The van der Waals surface area contributed by atoms with Gasteiger partial charge in [-0.3, -0.25) is 14.5 Å². The zero-order valence-corrected chi connectivity index (χ0v) is 16.0. The first-order valence-corrected chi connectivity index (χ1v) is 8.97. The summed E-state index contributed by atoms with van der Waals surface area (Å²) in [6.07, 6.45) is 1.13. The van der Waals surface area contributed by atoms with E-state index in [1.165, 1.54) is 6.07 Å². The van der Waals surface area contributed by atoms with E-state index in [9.17, 15) is 19.5 Å². The fourth-order valence-corrected chi connectivity index (χ4v) is 3.22. The zero-order valence-electron chi connectivity index (χ0n) is 16.0. The molecule has 0 fully saturated rings. The molecule has 0 saturated heterocycles. The third-order valence-electron chi connectivity index (χ3n) is 4.39. The summed E-state index contributed by atoms with van der Waals surface area (Å²) in [6.45, 7) is 3.42. The molecule has 4 N–H and O–H groups in total. The Balaban J connectivity index is 1.98. The quantitative estimate of drug-likeness (QED) is 0.532. The van der Waals surface area contributed by atoms with E-state index in [1.54, 1.807) is 12.1 Å². The predicted molar refractivity (Wildman–Crippen MR) is 108 cm³/mol. The van der Waals surface area contributed by atoms with Crippen LogP contribution in [0.2, 0.25) is 0 Å². The van der Waals surface area contributed by atoms with Crippen LogP contribution >= 0.6 is 0 Å². The number of carbonyl (C=O) groups is 3. The standard InChI is InChI=1S/C21H21N3O5/c1-12-8-13(2)10-14(9-12)22-19-15(21(28)29)4-3-5-16(19)23-17-11-18(26)24(6-7-25)20(17)27/h3-5,8-11,22-23,25H,6-7H2,1-2H3,(H,28,29). The molecule has 0 radical (unpaired) electrons. The van der Waals surface area contributed by atoms with Crippen LogP contribution in [-0.4, -0.2) is 46.0 Å². The smallest absolute Gasteiger partial charge is 0.337 e. The van der Waals surface area contributed by atoms with Crippen LogP contribution in [0.3, 0.4) is 0 Å². The Morgan fingerprint density at radius 3 is 2.38 bits per heavy atom. The summed E-state index contributed by atoms with van der Waals surface area (Å²) in [7, 11) is 0. The van der Waals surface area contributed by atoms with E-state index in [2.05, 4.69) is 10.6 Å². The van der Waals surface area contributed by atoms with E-state index in [-0.39, 0.29) is 30.1 Å². The van der Waals surface area contributed by atoms with Crippen molar-refractivity contribution < 1.29 is 24.6 Å². The van der Waals surface area contributed by atoms with Gasteiger partial charge in [-0.05, 0) is 49.2 Å². The summed E-state index contributed by atoms with van der Waals surface area (Å²) in [5.41, 5.74) is 3.34. The van der Waals surface area contributed by atoms with Crippen molar-refractivity contribution in [2.24, 2.45) is 0 Å². The van der Waals surface area contributed by atoms with E-state index >= 15 is 0 Å². The van der Waals surface area contributed by atoms with Crippen molar-refractivity contribution in [2.45, 2.75) is 13.8 Å². The average Bonchev–Trinajstić information content (AvgIpc) is 2.90. The maximum atomic E-state index is 12.4. The van der Waals surface area contributed by atoms with Crippen LogP contribution in [0.25, 0.3) is 0 Å². The molecule has 3 rings (SSSR count). The number of nitrogens with one attached hydrogen (secondary N) is 2. The number of aromatic carboxylic acids is 1. The highest BCUT2D eigenvalue weighted by Crippen LogP contribution is 2.32. The minimum atomic E-state index is -1.13. The fourth-order valence-electron chi connectivity index (χ4n) is 3.22. The molecule has 29 heavy (non-hydrogen) atoms. The Bertz CT molecular complexity index is 1010. The number of carboxylic acid groups (broad SMARTS) is 1. The van der Waals surface area contributed by atoms with Gasteiger partial charge in [0, 0.05) is 11.8 Å². The largest absolute Gasteiger partial charge is 0.478 e. The van der Waals surface area contributed by atoms with Crippen LogP contribution in [-0.2, 0) is 9.59 Å². The van der Waals surface area contributed by atoms with Crippen LogP contribution in [0, 0.1) is 13.8 Å². The molecule has 8 nitrogen and oxygen atoms in total. The lowest BCUT2D eigenvalue weighted by Gasteiger charge is -2.18. The highest BCUT2D eigenvalue weighted by Gasteiger charge is 2.31. The number of nitrogens with zero attached hydrogens (tertiary/aromatic N) is 1. The number of para-hydroxylation sites is 1. The number of benzene rings is 2. The Kier molecular flexibility index (Phi) is 5.65. The van der Waals surface area contributed by atoms with E-state index in [4.69, 9.17) is 5.11 Å². The van der Waals surface area contributed by atoms with E-state index in [0.717, 1.165) is 22.1 Å². The van der Waals surface area contributed by atoms with Crippen molar-refractivity contribution >= 4 is 34.8 Å². The minimum Gasteiger partial charge on any atom is -0.478 e. The Hall–Kier alpha value is -3.65. The van der Waals surface area contributed by atoms with Crippen molar-refractivity contribution in [3.63, 3.8) is 0 Å². The molecule has 0 saturated carbocycles. The van der Waals surface area contributed by atoms with E-state index < -0.39 is 17.8 Å². The second-order valence-electron chi connectivity index (χ2n) is 6.74. The number of hydrogen-bond acceptors (Lipinski definition) is 6. The lowest BCUT2D eigenvalue weighted by atomic mass is 10.1. The first-order chi connectivity index (χ1) is 13.8. The van der Waals surface area contributed by atoms with Crippen LogP contribution in [0.5, 0.6) is 0 Å². The van der Waals surface area contributed by atoms with Gasteiger partial charge in [0.15, 0.2) is 0 Å². The number of anilines is 3. The highest BCUT2D eigenvalue weighted by atomic mass is 16.4. The number of imide groups is 1. The van der Waals surface area contributed by atoms with E-state index in [1.807, 2.05) is 32.0 Å². The molecule has 1 aliphatic heterocycles. The molecular weight excluding hydrogens is 374 g/mol. The molecule has 1 heterocycles. The van der Waals surface area contributed by atoms with Crippen molar-refractivity contribution in [3.05, 3.63) is 64.9 Å². The Morgan fingerprint density at radius 2 is 1.76 bits per heavy atom. The number of rotatable bonds is 7. The maximum absolute atomic E-state index is 12.4. The van der Waals surface area contributed by atoms with Gasteiger partial charge in [-0.2, -0.15) is 0 Å². The molecule has 2 aromatic carbocycles. The first kappa shape index (κ1) is 20.1. The van der Waals surface area contributed by atoms with Crippen molar-refractivity contribution in [2.75, 3.05) is 23.8 Å². The number of aliphatic hydroxyl groups excluding tert-OH is 1. The third-order valence-corrected chi connectivity index (χ3v) is 4.39. The molecule has 150 valence electrons. The van der Waals surface area contributed by atoms with E-state index in [0.29, 0.717) is 11.4 Å². The number of β-amino-alcohol motifs (C(OH)–C–C–N with tert-alkyl or cyclic N) is 1. The molecule has 0 bridgehead atoms. The lowest BCUT2D eigenvalue weighted by molar-refractivity contribution is -0.137. The van der Waals surface area contributed by atoms with Crippen molar-refractivity contribution in [1.82, 2.24) is 4.90 Å². The summed E-state index contributed by atoms with van der Waals surface area (Å²) >= 11 is 0. The maximum Gasteiger partial charge on any atom is 0.337 e. The van der Waals surface area contributed by atoms with Gasteiger partial charge in [-0.15, -0.1) is 0 Å². The molecule has 1 aliphatic rings. The molecule has 0 aromatic heterocycles. The highest BCUT2D eigenvalue weighted by molar-refractivity contribution is 6.18. The zero-order chi connectivity index (χ0) is 21.1. The fraction of sp³-hybridized carbons (Fsp3) is 0.190. The third kappa shape index (κ3) is 4.27. The summed E-state index contributed by atoms with van der Waals surface area (Å²) < 4.78 is 0. The molecule has 2 amide bonds. The van der Waals surface area contributed by atoms with Gasteiger partial charge >= 0.3 is 5.97 Å². The molecule has 0 aliphatic carbocycles. The van der Waals surface area contributed by atoms with Crippen molar-refractivity contribution in [3.8, 4) is 0 Å². The van der Waals surface area contributed by atoms with Gasteiger partial charge in [0.05, 0.1) is 30.1 Å². The second-order valence-corrected chi connectivity index (χ2v) is 6.74. The van der Waals surface area contributed by atoms with Gasteiger partial charge in [0.1, 0.15) is 5.70 Å². The predicted octanol–water partition coefficient (Wildman–Crippen LogP) is 2.40. The molecule has 0 spiro atoms. The van der Waals surface area contributed by atoms with Crippen molar-refractivity contribution in [1.29, 1.82) is 0 Å². The molecular formula is C21H21N3O5. The van der Waals surface area contributed by atoms with Crippen LogP contribution in [0.1, 0.15) is 21.5 Å². The number of carbonyl (C=O) groups excluding carboxylic acids is 2. The molecule has 2 aromatic rings. The summed E-state index contributed by atoms with van der Waals surface area (Å²) in [5.74, 6) is -2.25. The number of aryl methyl sites for hydroxylation is 2. The molecule has 0 atom stereocenters. The second kappa shape index (κ2) is 8.15. The number of amides is 2. The van der Waals surface area contributed by atoms with Gasteiger partial charge in [-0.25, -0.2) is 4.79 Å². The van der Waals surface area contributed by atoms with Gasteiger partial charge < -0.3 is 20.8 Å². The topological polar surface area (TPSA) is 119 Å². The Morgan fingerprint density at radius 1 is 1.07 bits per heavy atom. The van der Waals surface area contributed by atoms with Crippen LogP contribution < -0.4 is 10.6 Å². The summed E-state index contributed by atoms with van der Waals surface area (Å²) in [4.78, 5) is 37.1. The summed E-state index contributed by atoms with van der Waals surface area (Å²) in [5, 5.41) is 24.6. The number of hydrogen-bond donors (Lipinski definition) is 4. The van der Waals surface area contributed by atoms with Gasteiger partial charge in [0.2, 0.25) is 0 Å². The molecule has 8 heteroatoms. The minimum absolute atomic E-state index is 0.00876. The number of aliphatic hydroxyl groups is 1. The normalized spacial score (nSPS) is 13.5. The monoisotopic (exact) mass is 395 g/mol. The Labute approximate surface area is 167 Å².